The van der Waals surface area contributed by atoms with Gasteiger partial charge >= 0.3 is 0 Å². The number of hydrogen-bond donors (Lipinski definition) is 1. The fourth-order valence-corrected chi connectivity index (χ4v) is 2.49. The molecule has 3 rings (SSSR count). The average molecular weight is 231 g/mol. The molecule has 0 unspecified atom stereocenters. The second-order valence-corrected chi connectivity index (χ2v) is 4.86. The van der Waals surface area contributed by atoms with Crippen LogP contribution < -0.4 is 5.32 Å². The first-order chi connectivity index (χ1) is 8.24. The summed E-state index contributed by atoms with van der Waals surface area (Å²) < 4.78 is 12.9. The van der Waals surface area contributed by atoms with E-state index in [9.17, 15) is 9.18 Å². The molecule has 0 atom stereocenters. The van der Waals surface area contributed by atoms with Gasteiger partial charge in [0.15, 0.2) is 0 Å². The van der Waals surface area contributed by atoms with E-state index in [1.54, 1.807) is 0 Å². The Hall–Kier alpha value is -1.64. The van der Waals surface area contributed by atoms with E-state index >= 15 is 0 Å². The van der Waals surface area contributed by atoms with Gasteiger partial charge in [-0.05, 0) is 36.5 Å². The normalized spacial score (nSPS) is 23.5. The molecule has 3 aliphatic rings. The molecule has 88 valence electrons. The fourth-order valence-electron chi connectivity index (χ4n) is 2.49. The summed E-state index contributed by atoms with van der Waals surface area (Å²) in [6.45, 7) is -0.469. The third kappa shape index (κ3) is 1.57. The molecule has 0 bridgehead atoms. The number of hydrogen-bond acceptors (Lipinski definition) is 1. The van der Waals surface area contributed by atoms with E-state index in [1.807, 2.05) is 30.4 Å². The van der Waals surface area contributed by atoms with Gasteiger partial charge in [0, 0.05) is 5.57 Å². The maximum Gasteiger partial charge on any atom is 0.252 e. The van der Waals surface area contributed by atoms with Crippen molar-refractivity contribution in [2.45, 2.75) is 24.8 Å². The number of allylic oxidation sites excluding steroid dienone is 6. The van der Waals surface area contributed by atoms with E-state index in [-0.39, 0.29) is 5.91 Å². The molecule has 0 saturated heterocycles. The predicted molar refractivity (Wildman–Crippen MR) is 64.1 cm³/mol. The maximum absolute atomic E-state index is 12.9. The largest absolute Gasteiger partial charge is 0.344 e. The lowest BCUT2D eigenvalue weighted by molar-refractivity contribution is -0.120. The molecule has 1 fully saturated rings. The lowest BCUT2D eigenvalue weighted by Gasteiger charge is -2.40. The molecule has 1 N–H and O–H groups in total. The molecule has 0 heterocycles. The van der Waals surface area contributed by atoms with Gasteiger partial charge in [-0.15, -0.1) is 0 Å². The minimum atomic E-state index is -0.590. The number of alkyl halides is 1. The van der Waals surface area contributed by atoms with E-state index in [4.69, 9.17) is 0 Å². The van der Waals surface area contributed by atoms with E-state index in [1.165, 1.54) is 0 Å². The Morgan fingerprint density at radius 2 is 2.18 bits per heavy atom. The summed E-state index contributed by atoms with van der Waals surface area (Å²) in [4.78, 5) is 12.1. The molecule has 17 heavy (non-hydrogen) atoms. The summed E-state index contributed by atoms with van der Waals surface area (Å²) in [6, 6.07) is 0. The topological polar surface area (TPSA) is 29.1 Å². The van der Waals surface area contributed by atoms with Gasteiger partial charge < -0.3 is 5.32 Å². The van der Waals surface area contributed by atoms with Crippen LogP contribution in [0.25, 0.3) is 0 Å². The number of amides is 1. The molecule has 2 nitrogen and oxygen atoms in total. The Morgan fingerprint density at radius 3 is 2.82 bits per heavy atom. The first-order valence-corrected chi connectivity index (χ1v) is 5.94. The van der Waals surface area contributed by atoms with Crippen molar-refractivity contribution in [3.05, 3.63) is 47.1 Å². The maximum atomic E-state index is 12.9. The fraction of sp³-hybridized carbons (Fsp3) is 0.357. The SMILES string of the molecule is O=C(NC1(CF)CCC1)C1=CC=C2C=CC=C21. The van der Waals surface area contributed by atoms with Crippen LogP contribution in [-0.4, -0.2) is 18.1 Å². The predicted octanol–water partition coefficient (Wildman–Crippen LogP) is 2.36. The van der Waals surface area contributed by atoms with Gasteiger partial charge in [-0.2, -0.15) is 0 Å². The quantitative estimate of drug-likeness (QED) is 0.793. The van der Waals surface area contributed by atoms with Crippen molar-refractivity contribution in [2.75, 3.05) is 6.67 Å². The lowest BCUT2D eigenvalue weighted by atomic mass is 9.77. The second-order valence-electron chi connectivity index (χ2n) is 4.86. The number of carbonyl (C=O) groups excluding carboxylic acids is 1. The zero-order valence-corrected chi connectivity index (χ0v) is 9.50. The Bertz CT molecular complexity index is 487. The highest BCUT2D eigenvalue weighted by Gasteiger charge is 2.39. The van der Waals surface area contributed by atoms with Crippen LogP contribution >= 0.6 is 0 Å². The number of carbonyl (C=O) groups is 1. The number of halogens is 1. The van der Waals surface area contributed by atoms with Crippen molar-refractivity contribution in [2.24, 2.45) is 0 Å². The summed E-state index contributed by atoms with van der Waals surface area (Å²) in [6.07, 6.45) is 12.1. The van der Waals surface area contributed by atoms with Crippen LogP contribution in [0.3, 0.4) is 0 Å². The second kappa shape index (κ2) is 3.69. The van der Waals surface area contributed by atoms with Gasteiger partial charge in [-0.1, -0.05) is 24.3 Å². The van der Waals surface area contributed by atoms with Gasteiger partial charge in [0.25, 0.3) is 5.91 Å². The molecule has 0 aromatic heterocycles. The highest BCUT2D eigenvalue weighted by molar-refractivity contribution is 6.02. The standard InChI is InChI=1S/C14H14FNO/c15-9-14(7-2-8-14)16-13(17)12-6-5-10-3-1-4-11(10)12/h1,3-6H,2,7-9H2,(H,16,17). The Balaban J connectivity index is 1.73. The van der Waals surface area contributed by atoms with Crippen molar-refractivity contribution < 1.29 is 9.18 Å². The first-order valence-electron chi connectivity index (χ1n) is 5.94. The molecule has 0 aliphatic heterocycles. The van der Waals surface area contributed by atoms with Gasteiger partial charge in [0.2, 0.25) is 0 Å². The van der Waals surface area contributed by atoms with Crippen molar-refractivity contribution in [1.82, 2.24) is 5.32 Å². The van der Waals surface area contributed by atoms with E-state index < -0.39 is 12.2 Å². The van der Waals surface area contributed by atoms with Crippen molar-refractivity contribution >= 4 is 5.91 Å². The molecular formula is C14H14FNO. The lowest BCUT2D eigenvalue weighted by Crippen LogP contribution is -2.55. The Kier molecular flexibility index (Phi) is 2.28. The van der Waals surface area contributed by atoms with Gasteiger partial charge in [-0.25, -0.2) is 4.39 Å². The van der Waals surface area contributed by atoms with Gasteiger partial charge in [-0.3, -0.25) is 4.79 Å². The van der Waals surface area contributed by atoms with Gasteiger partial charge in [0.05, 0.1) is 5.54 Å². The summed E-state index contributed by atoms with van der Waals surface area (Å²) >= 11 is 0. The van der Waals surface area contributed by atoms with Crippen LogP contribution in [0.5, 0.6) is 0 Å². The van der Waals surface area contributed by atoms with Crippen molar-refractivity contribution in [3.63, 3.8) is 0 Å². The van der Waals surface area contributed by atoms with Crippen LogP contribution in [-0.2, 0) is 4.79 Å². The zero-order valence-electron chi connectivity index (χ0n) is 9.50. The molecule has 0 spiro atoms. The van der Waals surface area contributed by atoms with Crippen LogP contribution in [0.1, 0.15) is 19.3 Å². The highest BCUT2D eigenvalue weighted by Crippen LogP contribution is 2.35. The zero-order chi connectivity index (χ0) is 11.9. The number of fused-ring (bicyclic) bond motifs is 1. The molecule has 1 saturated carbocycles. The smallest absolute Gasteiger partial charge is 0.252 e. The summed E-state index contributed by atoms with van der Waals surface area (Å²) in [5, 5.41) is 2.85. The molecule has 3 heteroatoms. The number of nitrogens with one attached hydrogen (secondary N) is 1. The molecule has 0 radical (unpaired) electrons. The van der Waals surface area contributed by atoms with E-state index in [0.717, 1.165) is 30.4 Å². The molecular weight excluding hydrogens is 217 g/mol. The summed E-state index contributed by atoms with van der Waals surface area (Å²) in [7, 11) is 0. The third-order valence-electron chi connectivity index (χ3n) is 3.76. The number of rotatable bonds is 3. The Labute approximate surface area is 99.6 Å². The molecule has 0 aromatic rings. The van der Waals surface area contributed by atoms with Gasteiger partial charge in [0.1, 0.15) is 6.67 Å². The van der Waals surface area contributed by atoms with Crippen LogP contribution in [0.2, 0.25) is 0 Å². The van der Waals surface area contributed by atoms with E-state index in [0.29, 0.717) is 5.57 Å². The summed E-state index contributed by atoms with van der Waals surface area (Å²) in [5.41, 5.74) is 2.09. The monoisotopic (exact) mass is 231 g/mol. The third-order valence-corrected chi connectivity index (χ3v) is 3.76. The molecule has 0 aromatic carbocycles. The van der Waals surface area contributed by atoms with Crippen molar-refractivity contribution in [1.29, 1.82) is 0 Å². The minimum Gasteiger partial charge on any atom is -0.344 e. The summed E-state index contributed by atoms with van der Waals surface area (Å²) in [5.74, 6) is -0.149. The molecule has 3 aliphatic carbocycles. The van der Waals surface area contributed by atoms with Crippen LogP contribution in [0, 0.1) is 0 Å². The van der Waals surface area contributed by atoms with Crippen molar-refractivity contribution in [3.8, 4) is 0 Å². The van der Waals surface area contributed by atoms with E-state index in [2.05, 4.69) is 5.32 Å². The Morgan fingerprint density at radius 1 is 1.35 bits per heavy atom. The van der Waals surface area contributed by atoms with Crippen LogP contribution in [0.15, 0.2) is 47.1 Å². The average Bonchev–Trinajstić information content (AvgIpc) is 2.84. The molecule has 1 amide bonds. The van der Waals surface area contributed by atoms with Crippen LogP contribution in [0.4, 0.5) is 4.39 Å². The highest BCUT2D eigenvalue weighted by atomic mass is 19.1. The minimum absolute atomic E-state index is 0.149. The first kappa shape index (κ1) is 10.5.